The van der Waals surface area contributed by atoms with Crippen LogP contribution in [0.5, 0.6) is 0 Å². The smallest absolute Gasteiger partial charge is 0.0314 e. The van der Waals surface area contributed by atoms with Gasteiger partial charge in [0.05, 0.1) is 0 Å². The number of halogens is 1. The van der Waals surface area contributed by atoms with Gasteiger partial charge in [0.25, 0.3) is 0 Å². The molecule has 0 aromatic carbocycles. The summed E-state index contributed by atoms with van der Waals surface area (Å²) in [7, 11) is 0. The molecule has 0 spiro atoms. The van der Waals surface area contributed by atoms with E-state index in [0.29, 0.717) is 6.04 Å². The monoisotopic (exact) mass is 261 g/mol. The summed E-state index contributed by atoms with van der Waals surface area (Å²) in [6.07, 6.45) is 4.59. The summed E-state index contributed by atoms with van der Waals surface area (Å²) in [6, 6.07) is 2.50. The van der Waals surface area contributed by atoms with E-state index in [1.54, 1.807) is 0 Å². The minimum atomic E-state index is 0.388. The normalized spacial score (nSPS) is 13.2. The van der Waals surface area contributed by atoms with Crippen molar-refractivity contribution < 1.29 is 0 Å². The van der Waals surface area contributed by atoms with E-state index in [1.165, 1.54) is 15.8 Å². The van der Waals surface area contributed by atoms with Gasteiger partial charge in [-0.3, -0.25) is 0 Å². The molecule has 1 atom stereocenters. The lowest BCUT2D eigenvalue weighted by atomic mass is 10.1. The minimum Gasteiger partial charge on any atom is -0.328 e. The molecular formula is C10H16BrNS. The number of hydrogen-bond acceptors (Lipinski definition) is 2. The zero-order chi connectivity index (χ0) is 9.68. The molecule has 13 heavy (non-hydrogen) atoms. The van der Waals surface area contributed by atoms with Gasteiger partial charge in [-0.25, -0.2) is 0 Å². The van der Waals surface area contributed by atoms with E-state index < -0.39 is 0 Å². The van der Waals surface area contributed by atoms with Crippen molar-refractivity contribution in [1.29, 1.82) is 0 Å². The van der Waals surface area contributed by atoms with Crippen LogP contribution in [0, 0.1) is 0 Å². The van der Waals surface area contributed by atoms with Crippen LogP contribution in [-0.4, -0.2) is 6.04 Å². The highest BCUT2D eigenvalue weighted by Crippen LogP contribution is 2.24. The second kappa shape index (κ2) is 5.78. The zero-order valence-electron chi connectivity index (χ0n) is 7.92. The van der Waals surface area contributed by atoms with Crippen LogP contribution in [0.2, 0.25) is 0 Å². The predicted octanol–water partition coefficient (Wildman–Crippen LogP) is 3.57. The third-order valence-electron chi connectivity index (χ3n) is 2.19. The van der Waals surface area contributed by atoms with E-state index in [0.717, 1.165) is 19.3 Å². The van der Waals surface area contributed by atoms with Crippen LogP contribution < -0.4 is 5.73 Å². The summed E-state index contributed by atoms with van der Waals surface area (Å²) >= 11 is 5.35. The zero-order valence-corrected chi connectivity index (χ0v) is 10.3. The maximum absolute atomic E-state index is 5.84. The van der Waals surface area contributed by atoms with Gasteiger partial charge in [0.15, 0.2) is 0 Å². The molecule has 0 radical (unpaired) electrons. The fraction of sp³-hybridized carbons (Fsp3) is 0.600. The third kappa shape index (κ3) is 3.79. The molecule has 3 heteroatoms. The highest BCUT2D eigenvalue weighted by molar-refractivity contribution is 9.10. The maximum atomic E-state index is 5.84. The van der Waals surface area contributed by atoms with Crippen LogP contribution in [0.1, 0.15) is 31.1 Å². The first-order chi connectivity index (χ1) is 6.24. The van der Waals surface area contributed by atoms with Gasteiger partial charge >= 0.3 is 0 Å². The highest BCUT2D eigenvalue weighted by Gasteiger charge is 2.03. The Morgan fingerprint density at radius 3 is 2.92 bits per heavy atom. The molecule has 1 rings (SSSR count). The first kappa shape index (κ1) is 11.2. The predicted molar refractivity (Wildman–Crippen MR) is 63.2 cm³/mol. The summed E-state index contributed by atoms with van der Waals surface area (Å²) in [5.74, 6) is 0. The Hall–Kier alpha value is 0.140. The summed E-state index contributed by atoms with van der Waals surface area (Å²) in [5.41, 5.74) is 5.84. The Bertz CT molecular complexity index is 247. The molecule has 1 aromatic rings. The number of nitrogens with two attached hydrogens (primary N) is 1. The van der Waals surface area contributed by atoms with Gasteiger partial charge in [-0.1, -0.05) is 6.92 Å². The molecule has 1 nitrogen and oxygen atoms in total. The minimum absolute atomic E-state index is 0.388. The molecule has 74 valence electrons. The van der Waals surface area contributed by atoms with Crippen LogP contribution in [0.3, 0.4) is 0 Å². The van der Waals surface area contributed by atoms with Gasteiger partial charge in [0.2, 0.25) is 0 Å². The molecule has 0 saturated heterocycles. The van der Waals surface area contributed by atoms with Crippen molar-refractivity contribution in [3.05, 3.63) is 20.8 Å². The summed E-state index contributed by atoms with van der Waals surface area (Å²) in [5, 5.41) is 2.12. The molecule has 0 fully saturated rings. The lowest BCUT2D eigenvalue weighted by Gasteiger charge is -2.06. The SMILES string of the molecule is CCC(N)CCCc1sccc1Br. The Morgan fingerprint density at radius 1 is 1.62 bits per heavy atom. The largest absolute Gasteiger partial charge is 0.328 e. The van der Waals surface area contributed by atoms with E-state index in [4.69, 9.17) is 5.73 Å². The Labute approximate surface area is 92.5 Å². The Morgan fingerprint density at radius 2 is 2.38 bits per heavy atom. The first-order valence-electron chi connectivity index (χ1n) is 4.71. The standard InChI is InChI=1S/C10H16BrNS/c1-2-8(12)4-3-5-10-9(11)6-7-13-10/h6-8H,2-5,12H2,1H3. The fourth-order valence-corrected chi connectivity index (χ4v) is 2.83. The number of rotatable bonds is 5. The molecule has 0 amide bonds. The van der Waals surface area contributed by atoms with Gasteiger partial charge in [-0.2, -0.15) is 0 Å². The van der Waals surface area contributed by atoms with Crippen LogP contribution in [-0.2, 0) is 6.42 Å². The van der Waals surface area contributed by atoms with E-state index in [2.05, 4.69) is 34.3 Å². The Balaban J connectivity index is 2.24. The van der Waals surface area contributed by atoms with E-state index >= 15 is 0 Å². The molecule has 1 heterocycles. The number of thiophene rings is 1. The van der Waals surface area contributed by atoms with Crippen LogP contribution in [0.4, 0.5) is 0 Å². The lowest BCUT2D eigenvalue weighted by Crippen LogP contribution is -2.18. The number of hydrogen-bond donors (Lipinski definition) is 1. The van der Waals surface area contributed by atoms with Gasteiger partial charge in [0, 0.05) is 15.4 Å². The van der Waals surface area contributed by atoms with E-state index in [-0.39, 0.29) is 0 Å². The molecule has 1 unspecified atom stereocenters. The molecule has 0 saturated carbocycles. The lowest BCUT2D eigenvalue weighted by molar-refractivity contribution is 0.569. The Kier molecular flexibility index (Phi) is 4.99. The molecule has 2 N–H and O–H groups in total. The summed E-state index contributed by atoms with van der Waals surface area (Å²) in [6.45, 7) is 2.14. The fourth-order valence-electron chi connectivity index (χ4n) is 1.23. The average molecular weight is 262 g/mol. The average Bonchev–Trinajstić information content (AvgIpc) is 2.52. The van der Waals surface area contributed by atoms with Crippen LogP contribution in [0.15, 0.2) is 15.9 Å². The molecular weight excluding hydrogens is 246 g/mol. The second-order valence-corrected chi connectivity index (χ2v) is 5.11. The van der Waals surface area contributed by atoms with Gasteiger partial charge in [-0.05, 0) is 53.1 Å². The van der Waals surface area contributed by atoms with Crippen molar-refractivity contribution in [2.75, 3.05) is 0 Å². The highest BCUT2D eigenvalue weighted by atomic mass is 79.9. The van der Waals surface area contributed by atoms with Crippen molar-refractivity contribution in [1.82, 2.24) is 0 Å². The van der Waals surface area contributed by atoms with Crippen molar-refractivity contribution in [3.8, 4) is 0 Å². The van der Waals surface area contributed by atoms with Crippen molar-refractivity contribution in [3.63, 3.8) is 0 Å². The van der Waals surface area contributed by atoms with Crippen molar-refractivity contribution >= 4 is 27.3 Å². The second-order valence-electron chi connectivity index (χ2n) is 3.25. The third-order valence-corrected chi connectivity index (χ3v) is 4.18. The molecule has 1 aromatic heterocycles. The topological polar surface area (TPSA) is 26.0 Å². The quantitative estimate of drug-likeness (QED) is 0.862. The molecule has 0 aliphatic carbocycles. The van der Waals surface area contributed by atoms with Crippen LogP contribution in [0.25, 0.3) is 0 Å². The van der Waals surface area contributed by atoms with Crippen LogP contribution >= 0.6 is 27.3 Å². The van der Waals surface area contributed by atoms with Crippen molar-refractivity contribution in [2.24, 2.45) is 5.73 Å². The van der Waals surface area contributed by atoms with E-state index in [9.17, 15) is 0 Å². The van der Waals surface area contributed by atoms with E-state index in [1.807, 2.05) is 11.3 Å². The molecule has 0 aliphatic rings. The maximum Gasteiger partial charge on any atom is 0.0314 e. The summed E-state index contributed by atoms with van der Waals surface area (Å²) < 4.78 is 1.25. The van der Waals surface area contributed by atoms with Gasteiger partial charge in [0.1, 0.15) is 0 Å². The first-order valence-corrected chi connectivity index (χ1v) is 6.38. The van der Waals surface area contributed by atoms with Gasteiger partial charge in [-0.15, -0.1) is 11.3 Å². The number of aryl methyl sites for hydroxylation is 1. The van der Waals surface area contributed by atoms with Gasteiger partial charge < -0.3 is 5.73 Å². The molecule has 0 bridgehead atoms. The molecule has 0 aliphatic heterocycles. The summed E-state index contributed by atoms with van der Waals surface area (Å²) in [4.78, 5) is 1.45. The van der Waals surface area contributed by atoms with Crippen molar-refractivity contribution in [2.45, 2.75) is 38.6 Å².